The van der Waals surface area contributed by atoms with Gasteiger partial charge in [-0.05, 0) is 29.3 Å². The van der Waals surface area contributed by atoms with E-state index in [0.717, 1.165) is 5.56 Å². The minimum atomic E-state index is -3.62. The average molecular weight is 367 g/mol. The topological polar surface area (TPSA) is 59.5 Å². The van der Waals surface area contributed by atoms with Gasteiger partial charge in [0.2, 0.25) is 10.0 Å². The molecule has 0 saturated carbocycles. The molecule has 2 rings (SSSR count). The van der Waals surface area contributed by atoms with Crippen LogP contribution in [0, 0.1) is 0 Å². The first-order chi connectivity index (χ1) is 11.5. The largest absolute Gasteiger partial charge is 0.383 e. The maximum Gasteiger partial charge on any atom is 0.236 e. The lowest BCUT2D eigenvalue weighted by molar-refractivity contribution is 0.178. The fourth-order valence-electron chi connectivity index (χ4n) is 2.04. The number of ether oxygens (including phenoxy) is 1. The van der Waals surface area contributed by atoms with E-state index < -0.39 is 10.0 Å². The van der Waals surface area contributed by atoms with Gasteiger partial charge < -0.3 is 4.74 Å². The number of hydrogen-bond donors (Lipinski definition) is 0. The molecule has 24 heavy (non-hydrogen) atoms. The fourth-order valence-corrected chi connectivity index (χ4v) is 3.39. The molecule has 0 atom stereocenters. The summed E-state index contributed by atoms with van der Waals surface area (Å²) in [4.78, 5) is 4.02. The monoisotopic (exact) mass is 366 g/mol. The molecule has 0 aliphatic rings. The van der Waals surface area contributed by atoms with Crippen molar-refractivity contribution in [2.24, 2.45) is 0 Å². The molecule has 128 valence electrons. The first-order valence-electron chi connectivity index (χ1n) is 7.33. The van der Waals surface area contributed by atoms with Gasteiger partial charge in [-0.25, -0.2) is 8.42 Å². The second kappa shape index (κ2) is 8.94. The number of hydrogen-bond acceptors (Lipinski definition) is 4. The Balaban J connectivity index is 2.21. The highest BCUT2D eigenvalue weighted by atomic mass is 35.5. The van der Waals surface area contributed by atoms with Crippen LogP contribution in [0.25, 0.3) is 6.08 Å². The van der Waals surface area contributed by atoms with Gasteiger partial charge in [0.25, 0.3) is 0 Å². The van der Waals surface area contributed by atoms with Gasteiger partial charge in [-0.3, -0.25) is 4.98 Å². The quantitative estimate of drug-likeness (QED) is 0.720. The predicted octanol–water partition coefficient (Wildman–Crippen LogP) is 3.18. The maximum absolute atomic E-state index is 12.6. The Bertz CT molecular complexity index is 779. The minimum Gasteiger partial charge on any atom is -0.383 e. The van der Waals surface area contributed by atoms with Crippen molar-refractivity contribution in [3.63, 3.8) is 0 Å². The number of aromatic nitrogens is 1. The maximum atomic E-state index is 12.6. The lowest BCUT2D eigenvalue weighted by atomic mass is 10.2. The van der Waals surface area contributed by atoms with Crippen LogP contribution in [-0.2, 0) is 21.3 Å². The van der Waals surface area contributed by atoms with Crippen molar-refractivity contribution in [3.8, 4) is 0 Å². The van der Waals surface area contributed by atoms with Crippen molar-refractivity contribution in [2.75, 3.05) is 20.3 Å². The second-order valence-electron chi connectivity index (χ2n) is 5.06. The standard InChI is InChI=1S/C17H19ClN2O3S/c1-23-11-10-20(14-15-5-4-9-19-13-15)24(21,22)12-8-16-6-2-3-7-17(16)18/h2-9,12-13H,10-11,14H2,1H3. The highest BCUT2D eigenvalue weighted by Gasteiger charge is 2.19. The van der Waals surface area contributed by atoms with E-state index in [1.807, 2.05) is 6.07 Å². The molecule has 0 fully saturated rings. The molecule has 5 nitrogen and oxygen atoms in total. The Kier molecular flexibility index (Phi) is 6.93. The first-order valence-corrected chi connectivity index (χ1v) is 9.21. The number of sulfonamides is 1. The van der Waals surface area contributed by atoms with Gasteiger partial charge in [-0.1, -0.05) is 35.9 Å². The summed E-state index contributed by atoms with van der Waals surface area (Å²) in [6.45, 7) is 0.784. The summed E-state index contributed by atoms with van der Waals surface area (Å²) < 4.78 is 31.7. The predicted molar refractivity (Wildman–Crippen MR) is 95.9 cm³/mol. The summed E-state index contributed by atoms with van der Waals surface area (Å²) in [6, 6.07) is 10.7. The third kappa shape index (κ3) is 5.42. The van der Waals surface area contributed by atoms with Gasteiger partial charge in [0.05, 0.1) is 6.61 Å². The number of pyridine rings is 1. The summed E-state index contributed by atoms with van der Waals surface area (Å²) >= 11 is 6.06. The molecule has 1 aromatic carbocycles. The Hall–Kier alpha value is -1.73. The summed E-state index contributed by atoms with van der Waals surface area (Å²) in [7, 11) is -2.09. The van der Waals surface area contributed by atoms with Crippen LogP contribution in [0.15, 0.2) is 54.2 Å². The molecule has 0 bridgehead atoms. The lowest BCUT2D eigenvalue weighted by Crippen LogP contribution is -2.32. The van der Waals surface area contributed by atoms with Crippen LogP contribution in [0.5, 0.6) is 0 Å². The van der Waals surface area contributed by atoms with Crippen LogP contribution in [-0.4, -0.2) is 38.0 Å². The van der Waals surface area contributed by atoms with Gasteiger partial charge >= 0.3 is 0 Å². The summed E-state index contributed by atoms with van der Waals surface area (Å²) in [6.07, 6.45) is 4.79. The number of halogens is 1. The van der Waals surface area contributed by atoms with Crippen LogP contribution >= 0.6 is 11.6 Å². The van der Waals surface area contributed by atoms with Crippen molar-refractivity contribution in [3.05, 3.63) is 70.3 Å². The van der Waals surface area contributed by atoms with Gasteiger partial charge in [0, 0.05) is 43.0 Å². The highest BCUT2D eigenvalue weighted by molar-refractivity contribution is 7.92. The number of methoxy groups -OCH3 is 1. The van der Waals surface area contributed by atoms with E-state index in [9.17, 15) is 8.42 Å². The van der Waals surface area contributed by atoms with Gasteiger partial charge in [0.1, 0.15) is 0 Å². The minimum absolute atomic E-state index is 0.229. The molecule has 0 saturated heterocycles. The first kappa shape index (κ1) is 18.6. The Morgan fingerprint density at radius 3 is 2.71 bits per heavy atom. The van der Waals surface area contributed by atoms with Gasteiger partial charge in [-0.15, -0.1) is 0 Å². The second-order valence-corrected chi connectivity index (χ2v) is 7.28. The van der Waals surface area contributed by atoms with Crippen LogP contribution in [0.3, 0.4) is 0 Å². The SMILES string of the molecule is COCCN(Cc1cccnc1)S(=O)(=O)C=Cc1ccccc1Cl. The zero-order valence-corrected chi connectivity index (χ0v) is 14.9. The van der Waals surface area contributed by atoms with Crippen molar-refractivity contribution < 1.29 is 13.2 Å². The molecule has 0 amide bonds. The molecule has 0 spiro atoms. The zero-order chi connectivity index (χ0) is 17.4. The van der Waals surface area contributed by atoms with Crippen LogP contribution in [0.1, 0.15) is 11.1 Å². The lowest BCUT2D eigenvalue weighted by Gasteiger charge is -2.19. The van der Waals surface area contributed by atoms with E-state index >= 15 is 0 Å². The molecular formula is C17H19ClN2O3S. The molecule has 0 N–H and O–H groups in total. The zero-order valence-electron chi connectivity index (χ0n) is 13.3. The molecule has 0 radical (unpaired) electrons. The normalized spacial score (nSPS) is 12.1. The Labute approximate surface area is 147 Å². The number of benzene rings is 1. The third-order valence-electron chi connectivity index (χ3n) is 3.31. The van der Waals surface area contributed by atoms with E-state index in [1.165, 1.54) is 22.9 Å². The van der Waals surface area contributed by atoms with Gasteiger partial charge in [-0.2, -0.15) is 4.31 Å². The van der Waals surface area contributed by atoms with Gasteiger partial charge in [0.15, 0.2) is 0 Å². The van der Waals surface area contributed by atoms with Crippen molar-refractivity contribution in [1.29, 1.82) is 0 Å². The molecule has 1 aromatic heterocycles. The average Bonchev–Trinajstić information content (AvgIpc) is 2.58. The Morgan fingerprint density at radius 2 is 2.04 bits per heavy atom. The fraction of sp³-hybridized carbons (Fsp3) is 0.235. The summed E-state index contributed by atoms with van der Waals surface area (Å²) in [5, 5.41) is 1.67. The Morgan fingerprint density at radius 1 is 1.25 bits per heavy atom. The third-order valence-corrected chi connectivity index (χ3v) is 5.17. The van der Waals surface area contributed by atoms with E-state index in [-0.39, 0.29) is 13.1 Å². The summed E-state index contributed by atoms with van der Waals surface area (Å²) in [5.74, 6) is 0. The van der Waals surface area contributed by atoms with E-state index in [1.54, 1.807) is 42.7 Å². The molecule has 0 unspecified atom stereocenters. The van der Waals surface area contributed by atoms with E-state index in [2.05, 4.69) is 4.98 Å². The highest BCUT2D eigenvalue weighted by Crippen LogP contribution is 2.18. The molecular weight excluding hydrogens is 348 g/mol. The van der Waals surface area contributed by atoms with Crippen LogP contribution < -0.4 is 0 Å². The van der Waals surface area contributed by atoms with Crippen molar-refractivity contribution in [1.82, 2.24) is 9.29 Å². The van der Waals surface area contributed by atoms with Crippen LogP contribution in [0.4, 0.5) is 0 Å². The van der Waals surface area contributed by atoms with Crippen molar-refractivity contribution in [2.45, 2.75) is 6.54 Å². The molecule has 1 heterocycles. The van der Waals surface area contributed by atoms with E-state index in [4.69, 9.17) is 16.3 Å². The number of rotatable bonds is 8. The number of nitrogens with zero attached hydrogens (tertiary/aromatic N) is 2. The summed E-state index contributed by atoms with van der Waals surface area (Å²) in [5.41, 5.74) is 1.46. The molecule has 0 aliphatic carbocycles. The smallest absolute Gasteiger partial charge is 0.236 e. The van der Waals surface area contributed by atoms with E-state index in [0.29, 0.717) is 17.2 Å². The van der Waals surface area contributed by atoms with Crippen molar-refractivity contribution >= 4 is 27.7 Å². The van der Waals surface area contributed by atoms with Crippen LogP contribution in [0.2, 0.25) is 5.02 Å². The molecule has 7 heteroatoms. The molecule has 0 aliphatic heterocycles. The molecule has 2 aromatic rings.